The molecule has 3 aromatic rings. The first-order chi connectivity index (χ1) is 12.1. The second-order valence-electron chi connectivity index (χ2n) is 5.45. The number of rotatable bonds is 4. The Morgan fingerprint density at radius 3 is 1.76 bits per heavy atom. The highest BCUT2D eigenvalue weighted by atomic mass is 19.2. The van der Waals surface area contributed by atoms with Crippen LogP contribution in [0.4, 0.5) is 13.2 Å². The molecule has 3 aromatic carbocycles. The molecule has 0 bridgehead atoms. The molecule has 0 radical (unpaired) electrons. The van der Waals surface area contributed by atoms with Crippen molar-refractivity contribution in [3.63, 3.8) is 0 Å². The molecule has 0 spiro atoms. The van der Waals surface area contributed by atoms with Crippen LogP contribution in [0.3, 0.4) is 0 Å². The second kappa shape index (κ2) is 7.21. The number of amides is 1. The molecule has 1 amide bonds. The Morgan fingerprint density at radius 1 is 0.720 bits per heavy atom. The molecule has 0 aliphatic carbocycles. The van der Waals surface area contributed by atoms with Crippen molar-refractivity contribution in [2.24, 2.45) is 0 Å². The summed E-state index contributed by atoms with van der Waals surface area (Å²) in [6, 6.07) is 19.3. The first-order valence-corrected chi connectivity index (χ1v) is 7.62. The van der Waals surface area contributed by atoms with Gasteiger partial charge in [-0.15, -0.1) is 0 Å². The van der Waals surface area contributed by atoms with Crippen molar-refractivity contribution in [2.45, 2.75) is 6.04 Å². The summed E-state index contributed by atoms with van der Waals surface area (Å²) in [5, 5.41) is 2.69. The van der Waals surface area contributed by atoms with Crippen LogP contribution in [0.15, 0.2) is 72.8 Å². The van der Waals surface area contributed by atoms with Gasteiger partial charge in [-0.05, 0) is 23.3 Å². The van der Waals surface area contributed by atoms with Crippen LogP contribution in [0.25, 0.3) is 0 Å². The summed E-state index contributed by atoms with van der Waals surface area (Å²) in [4.78, 5) is 12.4. The van der Waals surface area contributed by atoms with Gasteiger partial charge >= 0.3 is 0 Å². The third-order valence-corrected chi connectivity index (χ3v) is 3.82. The van der Waals surface area contributed by atoms with E-state index >= 15 is 0 Å². The number of halogens is 3. The Hall–Kier alpha value is -3.08. The number of nitrogens with one attached hydrogen (secondary N) is 1. The molecular formula is C20H14F3NO. The van der Waals surface area contributed by atoms with Crippen molar-refractivity contribution in [1.82, 2.24) is 5.32 Å². The van der Waals surface area contributed by atoms with E-state index < -0.39 is 35.0 Å². The summed E-state index contributed by atoms with van der Waals surface area (Å²) in [6.07, 6.45) is 0. The lowest BCUT2D eigenvalue weighted by molar-refractivity contribution is 0.0937. The van der Waals surface area contributed by atoms with Crippen LogP contribution in [0.5, 0.6) is 0 Å². The van der Waals surface area contributed by atoms with E-state index in [1.165, 1.54) is 0 Å². The normalized spacial score (nSPS) is 10.7. The van der Waals surface area contributed by atoms with E-state index in [0.29, 0.717) is 0 Å². The maximum atomic E-state index is 13.9. The molecule has 1 N–H and O–H groups in total. The molecule has 0 unspecified atom stereocenters. The summed E-state index contributed by atoms with van der Waals surface area (Å²) in [6.45, 7) is 0. The zero-order chi connectivity index (χ0) is 17.8. The Kier molecular flexibility index (Phi) is 4.84. The molecule has 0 saturated heterocycles. The lowest BCUT2D eigenvalue weighted by Crippen LogP contribution is -2.30. The lowest BCUT2D eigenvalue weighted by atomic mass is 9.98. The topological polar surface area (TPSA) is 29.1 Å². The molecule has 5 heteroatoms. The van der Waals surface area contributed by atoms with Gasteiger partial charge in [-0.25, -0.2) is 13.2 Å². The van der Waals surface area contributed by atoms with Gasteiger partial charge in [0.05, 0.1) is 11.6 Å². The molecule has 25 heavy (non-hydrogen) atoms. The summed E-state index contributed by atoms with van der Waals surface area (Å²) < 4.78 is 40.4. The fourth-order valence-electron chi connectivity index (χ4n) is 2.56. The van der Waals surface area contributed by atoms with Crippen molar-refractivity contribution in [1.29, 1.82) is 0 Å². The predicted octanol–water partition coefficient (Wildman–Crippen LogP) is 4.62. The average Bonchev–Trinajstić information content (AvgIpc) is 2.65. The first-order valence-electron chi connectivity index (χ1n) is 7.62. The number of hydrogen-bond acceptors (Lipinski definition) is 1. The van der Waals surface area contributed by atoms with Gasteiger partial charge in [0.15, 0.2) is 17.5 Å². The zero-order valence-corrected chi connectivity index (χ0v) is 13.0. The van der Waals surface area contributed by atoms with Crippen molar-refractivity contribution < 1.29 is 18.0 Å². The van der Waals surface area contributed by atoms with Crippen LogP contribution >= 0.6 is 0 Å². The minimum atomic E-state index is -1.66. The Morgan fingerprint density at radius 2 is 1.24 bits per heavy atom. The van der Waals surface area contributed by atoms with Crippen LogP contribution in [0, 0.1) is 17.5 Å². The van der Waals surface area contributed by atoms with E-state index in [2.05, 4.69) is 5.32 Å². The Bertz CT molecular complexity index is 843. The molecule has 3 rings (SSSR count). The fraction of sp³-hybridized carbons (Fsp3) is 0.0500. The number of benzene rings is 3. The molecule has 2 nitrogen and oxygen atoms in total. The maximum Gasteiger partial charge on any atom is 0.255 e. The molecule has 0 saturated carbocycles. The first kappa shape index (κ1) is 16.8. The fourth-order valence-corrected chi connectivity index (χ4v) is 2.56. The zero-order valence-electron chi connectivity index (χ0n) is 13.0. The SMILES string of the molecule is O=C(NC(c1ccccc1)c1ccccc1)c1ccc(F)c(F)c1F. The summed E-state index contributed by atoms with van der Waals surface area (Å²) in [5.41, 5.74) is 1.02. The summed E-state index contributed by atoms with van der Waals surface area (Å²) in [7, 11) is 0. The highest BCUT2D eigenvalue weighted by molar-refractivity contribution is 5.95. The number of hydrogen-bond donors (Lipinski definition) is 1. The Balaban J connectivity index is 1.96. The van der Waals surface area contributed by atoms with E-state index in [9.17, 15) is 18.0 Å². The quantitative estimate of drug-likeness (QED) is 0.689. The molecular weight excluding hydrogens is 327 g/mol. The molecule has 0 heterocycles. The third-order valence-electron chi connectivity index (χ3n) is 3.82. The molecule has 126 valence electrons. The van der Waals surface area contributed by atoms with E-state index in [-0.39, 0.29) is 0 Å². The lowest BCUT2D eigenvalue weighted by Gasteiger charge is -2.20. The van der Waals surface area contributed by atoms with Crippen LogP contribution in [0.1, 0.15) is 27.5 Å². The van der Waals surface area contributed by atoms with Crippen LogP contribution < -0.4 is 5.32 Å². The summed E-state index contributed by atoms with van der Waals surface area (Å²) in [5.74, 6) is -5.33. The largest absolute Gasteiger partial charge is 0.341 e. The number of carbonyl (C=O) groups excluding carboxylic acids is 1. The van der Waals surface area contributed by atoms with E-state index in [4.69, 9.17) is 0 Å². The van der Waals surface area contributed by atoms with Crippen molar-refractivity contribution >= 4 is 5.91 Å². The van der Waals surface area contributed by atoms with Crippen molar-refractivity contribution in [2.75, 3.05) is 0 Å². The number of carbonyl (C=O) groups is 1. The highest BCUT2D eigenvalue weighted by Gasteiger charge is 2.22. The maximum absolute atomic E-state index is 13.9. The van der Waals surface area contributed by atoms with Gasteiger partial charge in [-0.2, -0.15) is 0 Å². The van der Waals surface area contributed by atoms with E-state index in [0.717, 1.165) is 23.3 Å². The van der Waals surface area contributed by atoms with Gasteiger partial charge in [-0.3, -0.25) is 4.79 Å². The monoisotopic (exact) mass is 341 g/mol. The molecule has 0 aliphatic heterocycles. The third kappa shape index (κ3) is 3.55. The molecule has 0 aliphatic rings. The molecule has 0 atom stereocenters. The minimum Gasteiger partial charge on any atom is -0.341 e. The van der Waals surface area contributed by atoms with Gasteiger partial charge in [-0.1, -0.05) is 60.7 Å². The predicted molar refractivity (Wildman–Crippen MR) is 88.5 cm³/mol. The average molecular weight is 341 g/mol. The van der Waals surface area contributed by atoms with Crippen LogP contribution in [-0.4, -0.2) is 5.91 Å². The second-order valence-corrected chi connectivity index (χ2v) is 5.45. The Labute approximate surface area is 142 Å². The molecule has 0 fully saturated rings. The standard InChI is InChI=1S/C20H14F3NO/c21-16-12-11-15(17(22)18(16)23)20(25)24-19(13-7-3-1-4-8-13)14-9-5-2-6-10-14/h1-12,19H,(H,24,25). The van der Waals surface area contributed by atoms with Crippen molar-refractivity contribution in [3.8, 4) is 0 Å². The molecule has 0 aromatic heterocycles. The van der Waals surface area contributed by atoms with Gasteiger partial charge in [0.1, 0.15) is 0 Å². The minimum absolute atomic E-state index is 0.546. The summed E-state index contributed by atoms with van der Waals surface area (Å²) >= 11 is 0. The van der Waals surface area contributed by atoms with Gasteiger partial charge in [0.2, 0.25) is 0 Å². The van der Waals surface area contributed by atoms with Gasteiger partial charge < -0.3 is 5.32 Å². The van der Waals surface area contributed by atoms with Crippen LogP contribution in [0.2, 0.25) is 0 Å². The highest BCUT2D eigenvalue weighted by Crippen LogP contribution is 2.23. The van der Waals surface area contributed by atoms with Gasteiger partial charge in [0, 0.05) is 0 Å². The van der Waals surface area contributed by atoms with Crippen LogP contribution in [-0.2, 0) is 0 Å². The van der Waals surface area contributed by atoms with E-state index in [1.54, 1.807) is 0 Å². The van der Waals surface area contributed by atoms with Crippen molar-refractivity contribution in [3.05, 3.63) is 107 Å². The van der Waals surface area contributed by atoms with Gasteiger partial charge in [0.25, 0.3) is 5.91 Å². The smallest absolute Gasteiger partial charge is 0.255 e. The van der Waals surface area contributed by atoms with E-state index in [1.807, 2.05) is 60.7 Å².